The third-order valence-corrected chi connectivity index (χ3v) is 8.82. The third kappa shape index (κ3) is 6.22. The molecule has 5 aromatic rings. The van der Waals surface area contributed by atoms with Crippen LogP contribution in [-0.4, -0.2) is 73.6 Å². The second-order valence-electron chi connectivity index (χ2n) is 13.3. The molecule has 1 aliphatic heterocycles. The van der Waals surface area contributed by atoms with E-state index >= 15 is 0 Å². The first-order valence-electron chi connectivity index (χ1n) is 15.4. The van der Waals surface area contributed by atoms with Crippen molar-refractivity contribution in [2.24, 2.45) is 0 Å². The number of rotatable bonds is 9. The van der Waals surface area contributed by atoms with Crippen molar-refractivity contribution < 1.29 is 24.2 Å². The summed E-state index contributed by atoms with van der Waals surface area (Å²) in [7, 11) is 1.57. The number of hydrogen-bond donors (Lipinski definition) is 3. The molecule has 4 heterocycles. The van der Waals surface area contributed by atoms with E-state index in [9.17, 15) is 14.7 Å². The number of alkyl halides is 1. The van der Waals surface area contributed by atoms with Gasteiger partial charge in [-0.3, -0.25) is 9.59 Å². The number of carbonyl (C=O) groups excluding carboxylic acids is 2. The molecule has 47 heavy (non-hydrogen) atoms. The van der Waals surface area contributed by atoms with E-state index in [0.717, 1.165) is 10.9 Å². The number of halogens is 1. The maximum atomic E-state index is 13.9. The quantitative estimate of drug-likeness (QED) is 0.159. The van der Waals surface area contributed by atoms with Gasteiger partial charge >= 0.3 is 0 Å². The van der Waals surface area contributed by atoms with Gasteiger partial charge in [-0.15, -0.1) is 16.7 Å². The Bertz CT molecular complexity index is 1990. The molecule has 246 valence electrons. The number of methoxy groups -OCH3 is 1. The van der Waals surface area contributed by atoms with E-state index in [1.54, 1.807) is 47.3 Å². The number of benzene rings is 2. The van der Waals surface area contributed by atoms with Gasteiger partial charge in [0.05, 0.1) is 41.8 Å². The SMILES string of the molecule is COc1cccc2c(O)cc3c(c12)C(CCl)CN3C(=O)c1cc2cc(NC(=O)c3cn(C(C)(C)CCOC(C)(C)C)nn3)ncc2[nH]1. The maximum absolute atomic E-state index is 13.9. The second-order valence-corrected chi connectivity index (χ2v) is 13.7. The molecule has 1 atom stereocenters. The zero-order valence-electron chi connectivity index (χ0n) is 27.2. The molecular weight excluding hydrogens is 622 g/mol. The number of aromatic hydroxyl groups is 1. The number of phenolic OH excluding ortho intramolecular Hbond substituents is 1. The monoisotopic (exact) mass is 659 g/mol. The van der Waals surface area contributed by atoms with Gasteiger partial charge in [0.2, 0.25) is 0 Å². The first-order chi connectivity index (χ1) is 22.3. The smallest absolute Gasteiger partial charge is 0.278 e. The number of ether oxygens (including phenoxy) is 2. The van der Waals surface area contributed by atoms with Gasteiger partial charge in [-0.2, -0.15) is 0 Å². The lowest BCUT2D eigenvalue weighted by Gasteiger charge is -2.27. The molecule has 3 N–H and O–H groups in total. The van der Waals surface area contributed by atoms with Crippen molar-refractivity contribution in [2.75, 3.05) is 36.4 Å². The fourth-order valence-electron chi connectivity index (χ4n) is 5.90. The van der Waals surface area contributed by atoms with Crippen molar-refractivity contribution in [1.82, 2.24) is 25.0 Å². The standard InChI is InChI=1S/C34H38ClN7O5/c1-33(2,3)47-11-10-34(4,5)42-18-24(39-40-42)31(44)38-28-13-19-12-22(37-23(19)16-36-28)32(45)41-17-20(15-35)29-25(41)14-26(43)21-8-7-9-27(46-6)30(21)29/h7-9,12-14,16,18,20,37,43H,10-11,15,17H2,1-6H3,(H,36,38,44). The predicted molar refractivity (Wildman–Crippen MR) is 181 cm³/mol. The first kappa shape index (κ1) is 32.3. The number of pyridine rings is 1. The van der Waals surface area contributed by atoms with Crippen molar-refractivity contribution in [3.05, 3.63) is 65.7 Å². The topological polar surface area (TPSA) is 147 Å². The van der Waals surface area contributed by atoms with Crippen LogP contribution >= 0.6 is 11.6 Å². The number of anilines is 2. The number of aromatic nitrogens is 5. The molecule has 0 saturated carbocycles. The molecule has 12 nitrogen and oxygen atoms in total. The number of phenols is 1. The predicted octanol–water partition coefficient (Wildman–Crippen LogP) is 6.20. The van der Waals surface area contributed by atoms with Crippen LogP contribution in [-0.2, 0) is 10.3 Å². The summed E-state index contributed by atoms with van der Waals surface area (Å²) >= 11 is 6.41. The summed E-state index contributed by atoms with van der Waals surface area (Å²) in [4.78, 5) is 36.1. The lowest BCUT2D eigenvalue weighted by atomic mass is 9.94. The number of amides is 2. The Balaban J connectivity index is 1.21. The zero-order valence-corrected chi connectivity index (χ0v) is 28.0. The summed E-state index contributed by atoms with van der Waals surface area (Å²) in [5.41, 5.74) is 1.87. The average molecular weight is 660 g/mol. The number of H-pyrrole nitrogens is 1. The Hall–Kier alpha value is -4.68. The molecule has 6 rings (SSSR count). The Morgan fingerprint density at radius 3 is 2.68 bits per heavy atom. The fraction of sp³-hybridized carbons (Fsp3) is 0.382. The van der Waals surface area contributed by atoms with E-state index in [1.807, 2.05) is 52.8 Å². The summed E-state index contributed by atoms with van der Waals surface area (Å²) in [6.07, 6.45) is 3.85. The van der Waals surface area contributed by atoms with Gasteiger partial charge in [0.15, 0.2) is 5.69 Å². The highest BCUT2D eigenvalue weighted by Gasteiger charge is 2.36. The maximum Gasteiger partial charge on any atom is 0.278 e. The molecule has 2 amide bonds. The molecule has 3 aromatic heterocycles. The van der Waals surface area contributed by atoms with Gasteiger partial charge in [0.1, 0.15) is 23.0 Å². The minimum atomic E-state index is -0.458. The Morgan fingerprint density at radius 1 is 1.17 bits per heavy atom. The van der Waals surface area contributed by atoms with Crippen molar-refractivity contribution in [3.8, 4) is 11.5 Å². The van der Waals surface area contributed by atoms with Gasteiger partial charge in [-0.1, -0.05) is 17.3 Å². The number of hydrogen-bond acceptors (Lipinski definition) is 8. The van der Waals surface area contributed by atoms with Crippen molar-refractivity contribution in [3.63, 3.8) is 0 Å². The normalized spacial score (nSPS) is 15.0. The third-order valence-electron chi connectivity index (χ3n) is 8.45. The van der Waals surface area contributed by atoms with E-state index in [0.29, 0.717) is 58.8 Å². The molecule has 0 fully saturated rings. The van der Waals surface area contributed by atoms with Gasteiger partial charge in [-0.25, -0.2) is 9.67 Å². The number of nitrogens with zero attached hydrogens (tertiary/aromatic N) is 5. The Kier molecular flexibility index (Phi) is 8.35. The fourth-order valence-corrected chi connectivity index (χ4v) is 6.15. The van der Waals surface area contributed by atoms with Crippen LogP contribution < -0.4 is 15.0 Å². The molecule has 0 aliphatic carbocycles. The van der Waals surface area contributed by atoms with Crippen LogP contribution in [0.4, 0.5) is 11.5 Å². The summed E-state index contributed by atoms with van der Waals surface area (Å²) in [6.45, 7) is 10.9. The molecule has 0 radical (unpaired) electrons. The minimum Gasteiger partial charge on any atom is -0.507 e. The van der Waals surface area contributed by atoms with Crippen molar-refractivity contribution in [2.45, 2.75) is 58.1 Å². The highest BCUT2D eigenvalue weighted by Crippen LogP contribution is 2.48. The lowest BCUT2D eigenvalue weighted by Crippen LogP contribution is -2.30. The zero-order chi connectivity index (χ0) is 33.7. The number of aromatic amines is 1. The molecule has 0 saturated heterocycles. The number of carbonyl (C=O) groups is 2. The lowest BCUT2D eigenvalue weighted by molar-refractivity contribution is -0.0153. The molecule has 1 unspecified atom stereocenters. The van der Waals surface area contributed by atoms with Crippen LogP contribution in [0.15, 0.2) is 48.8 Å². The van der Waals surface area contributed by atoms with Crippen molar-refractivity contribution >= 4 is 56.6 Å². The van der Waals surface area contributed by atoms with Crippen LogP contribution in [0.1, 0.15) is 73.5 Å². The Labute approximate surface area is 277 Å². The van der Waals surface area contributed by atoms with E-state index in [-0.39, 0.29) is 34.7 Å². The van der Waals surface area contributed by atoms with Crippen LogP contribution in [0.2, 0.25) is 0 Å². The molecule has 0 bridgehead atoms. The van der Waals surface area contributed by atoms with E-state index in [4.69, 9.17) is 21.1 Å². The summed E-state index contributed by atoms with van der Waals surface area (Å²) in [6, 6.07) is 10.5. The van der Waals surface area contributed by atoms with Crippen LogP contribution in [0.25, 0.3) is 21.7 Å². The minimum absolute atomic E-state index is 0.0463. The van der Waals surface area contributed by atoms with E-state index in [1.165, 1.54) is 0 Å². The summed E-state index contributed by atoms with van der Waals surface area (Å²) < 4.78 is 13.1. The number of nitrogens with one attached hydrogen (secondary N) is 2. The van der Waals surface area contributed by atoms with Crippen molar-refractivity contribution in [1.29, 1.82) is 0 Å². The van der Waals surface area contributed by atoms with Crippen LogP contribution in [0.5, 0.6) is 11.5 Å². The van der Waals surface area contributed by atoms with Crippen LogP contribution in [0, 0.1) is 0 Å². The van der Waals surface area contributed by atoms with E-state index < -0.39 is 11.4 Å². The van der Waals surface area contributed by atoms with Gasteiger partial charge in [-0.05, 0) is 64.8 Å². The second kappa shape index (κ2) is 12.2. The average Bonchev–Trinajstić information content (AvgIpc) is 3.77. The number of fused-ring (bicyclic) bond motifs is 4. The van der Waals surface area contributed by atoms with Gasteiger partial charge in [0.25, 0.3) is 11.8 Å². The molecular formula is C34H38ClN7O5. The first-order valence-corrected chi connectivity index (χ1v) is 15.9. The summed E-state index contributed by atoms with van der Waals surface area (Å²) in [5, 5.41) is 24.0. The largest absolute Gasteiger partial charge is 0.507 e. The van der Waals surface area contributed by atoms with Gasteiger partial charge < -0.3 is 29.8 Å². The molecule has 0 spiro atoms. The van der Waals surface area contributed by atoms with Gasteiger partial charge in [0, 0.05) is 47.2 Å². The van der Waals surface area contributed by atoms with Crippen LogP contribution in [0.3, 0.4) is 0 Å². The molecule has 1 aliphatic rings. The molecule has 13 heteroatoms. The van der Waals surface area contributed by atoms with E-state index in [2.05, 4.69) is 25.6 Å². The Morgan fingerprint density at radius 2 is 1.96 bits per heavy atom. The molecule has 2 aromatic carbocycles. The summed E-state index contributed by atoms with van der Waals surface area (Å²) in [5.74, 6) is 0.313. The highest BCUT2D eigenvalue weighted by molar-refractivity contribution is 6.19. The highest BCUT2D eigenvalue weighted by atomic mass is 35.5.